The first-order chi connectivity index (χ1) is 15.6. The Labute approximate surface area is 185 Å². The zero-order valence-corrected chi connectivity index (χ0v) is 17.1. The number of alkyl halides is 4. The summed E-state index contributed by atoms with van der Waals surface area (Å²) in [4.78, 5) is 12.7. The maximum Gasteiger partial charge on any atom is 0.461 e. The van der Waals surface area contributed by atoms with E-state index in [4.69, 9.17) is 0 Å². The van der Waals surface area contributed by atoms with E-state index in [9.17, 15) is 36.4 Å². The Bertz CT molecular complexity index is 1040. The number of carbonyl (C=O) groups is 1. The number of halogens is 6. The molecule has 2 aromatic rings. The van der Waals surface area contributed by atoms with Crippen LogP contribution in [0, 0.1) is 23.0 Å². The molecule has 0 spiro atoms. The molecule has 1 aliphatic carbocycles. The van der Waals surface area contributed by atoms with Crippen molar-refractivity contribution in [2.75, 3.05) is 0 Å². The molecule has 0 aromatic heterocycles. The van der Waals surface area contributed by atoms with Crippen molar-refractivity contribution in [1.82, 2.24) is 10.6 Å². The fourth-order valence-electron chi connectivity index (χ4n) is 3.67. The number of nitrogens with one attached hydrogen (secondary N) is 2. The lowest BCUT2D eigenvalue weighted by atomic mass is 9.83. The van der Waals surface area contributed by atoms with E-state index >= 15 is 0 Å². The van der Waals surface area contributed by atoms with E-state index < -0.39 is 47.1 Å². The fourth-order valence-corrected chi connectivity index (χ4v) is 3.67. The minimum atomic E-state index is -4.93. The van der Waals surface area contributed by atoms with Crippen LogP contribution in [0.25, 0.3) is 0 Å². The summed E-state index contributed by atoms with van der Waals surface area (Å²) in [5.41, 5.74) is -2.60. The summed E-state index contributed by atoms with van der Waals surface area (Å²) in [7, 11) is 0. The highest BCUT2D eigenvalue weighted by atomic mass is 19.3. The molecule has 3 rings (SSSR count). The zero-order chi connectivity index (χ0) is 24.2. The van der Waals surface area contributed by atoms with Crippen LogP contribution in [-0.4, -0.2) is 24.6 Å². The predicted octanol–water partition coefficient (Wildman–Crippen LogP) is 5.21. The Morgan fingerprint density at radius 2 is 1.67 bits per heavy atom. The lowest BCUT2D eigenvalue weighted by Crippen LogP contribution is -2.52. The number of nitrogens with zero attached hydrogens (tertiary/aromatic N) is 1. The summed E-state index contributed by atoms with van der Waals surface area (Å²) < 4.78 is 83.7. The molecule has 11 heteroatoms. The molecule has 33 heavy (non-hydrogen) atoms. The van der Waals surface area contributed by atoms with Crippen molar-refractivity contribution in [3.63, 3.8) is 0 Å². The number of hydrogen-bond acceptors (Lipinski definition) is 3. The molecule has 2 aromatic carbocycles. The van der Waals surface area contributed by atoms with Gasteiger partial charge in [0, 0.05) is 17.7 Å². The van der Waals surface area contributed by atoms with Crippen LogP contribution in [0.1, 0.15) is 36.8 Å². The first-order valence-electron chi connectivity index (χ1n) is 9.98. The van der Waals surface area contributed by atoms with Gasteiger partial charge in [-0.05, 0) is 42.7 Å². The van der Waals surface area contributed by atoms with Gasteiger partial charge in [0.2, 0.25) is 0 Å². The number of benzene rings is 2. The molecule has 1 atom stereocenters. The predicted molar refractivity (Wildman–Crippen MR) is 105 cm³/mol. The molecule has 2 N–H and O–H groups in total. The van der Waals surface area contributed by atoms with Crippen LogP contribution < -0.4 is 15.4 Å². The third-order valence-electron chi connectivity index (χ3n) is 5.25. The van der Waals surface area contributed by atoms with Crippen molar-refractivity contribution in [3.8, 4) is 11.8 Å². The number of urea groups is 1. The Balaban J connectivity index is 2.06. The molecule has 1 aliphatic rings. The first-order valence-corrected chi connectivity index (χ1v) is 9.98. The second kappa shape index (κ2) is 9.60. The van der Waals surface area contributed by atoms with Crippen LogP contribution in [-0.2, 0) is 5.54 Å². The van der Waals surface area contributed by atoms with E-state index in [2.05, 4.69) is 15.4 Å². The molecule has 1 saturated carbocycles. The molecule has 5 nitrogen and oxygen atoms in total. The molecule has 0 aliphatic heterocycles. The average Bonchev–Trinajstić information content (AvgIpc) is 3.24. The molecule has 0 heterocycles. The standard InChI is InChI=1S/C22H19F6N3O2/c23-15-7-5-13(6-8-15)21(12-29,31-20(32)30-17-3-1-2-4-17)14-9-16(24)11-18(10-14)33-22(27,28)19(25)26/h5-11,17,19H,1-4H2,(H2,30,31,32)/t21-/m1/s1. The van der Waals surface area contributed by atoms with Gasteiger partial charge in [-0.2, -0.15) is 22.8 Å². The minimum absolute atomic E-state index is 0.0230. The number of nitriles is 1. The zero-order valence-electron chi connectivity index (χ0n) is 17.1. The maximum absolute atomic E-state index is 14.3. The van der Waals surface area contributed by atoms with Crippen LogP contribution in [0.2, 0.25) is 0 Å². The fraction of sp³-hybridized carbons (Fsp3) is 0.364. The summed E-state index contributed by atoms with van der Waals surface area (Å²) in [5.74, 6) is -2.84. The molecule has 176 valence electrons. The Kier molecular flexibility index (Phi) is 7.05. The number of carbonyl (C=O) groups excluding carboxylic acids is 1. The number of amides is 2. The Hall–Kier alpha value is -3.42. The van der Waals surface area contributed by atoms with Gasteiger partial charge in [0.15, 0.2) is 5.54 Å². The molecule has 0 saturated heterocycles. The Morgan fingerprint density at radius 3 is 2.24 bits per heavy atom. The molecule has 0 bridgehead atoms. The van der Waals surface area contributed by atoms with Crippen molar-refractivity contribution < 1.29 is 35.9 Å². The summed E-state index contributed by atoms with van der Waals surface area (Å²) in [6.07, 6.45) is -5.90. The average molecular weight is 471 g/mol. The summed E-state index contributed by atoms with van der Waals surface area (Å²) >= 11 is 0. The number of rotatable bonds is 7. The van der Waals surface area contributed by atoms with E-state index in [1.54, 1.807) is 0 Å². The van der Waals surface area contributed by atoms with Crippen LogP contribution in [0.3, 0.4) is 0 Å². The highest BCUT2D eigenvalue weighted by Gasteiger charge is 2.45. The van der Waals surface area contributed by atoms with E-state index in [1.165, 1.54) is 0 Å². The SMILES string of the molecule is N#C[C@@](NC(=O)NC1CCCC1)(c1ccc(F)cc1)c1cc(F)cc(OC(F)(F)C(F)F)c1. The van der Waals surface area contributed by atoms with Crippen LogP contribution in [0.4, 0.5) is 31.1 Å². The largest absolute Gasteiger partial charge is 0.461 e. The van der Waals surface area contributed by atoms with E-state index in [1.807, 2.05) is 6.07 Å². The molecule has 1 fully saturated rings. The van der Waals surface area contributed by atoms with Crippen LogP contribution >= 0.6 is 0 Å². The minimum Gasteiger partial charge on any atom is -0.428 e. The summed E-state index contributed by atoms with van der Waals surface area (Å²) in [6.45, 7) is 0. The normalized spacial score (nSPS) is 16.2. The Morgan fingerprint density at radius 1 is 1.03 bits per heavy atom. The van der Waals surface area contributed by atoms with Crippen molar-refractivity contribution in [2.45, 2.75) is 49.8 Å². The lowest BCUT2D eigenvalue weighted by molar-refractivity contribution is -0.253. The second-order valence-corrected chi connectivity index (χ2v) is 7.59. The quantitative estimate of drug-likeness (QED) is 0.545. The van der Waals surface area contributed by atoms with Gasteiger partial charge in [-0.3, -0.25) is 0 Å². The third kappa shape index (κ3) is 5.50. The number of ether oxygens (including phenoxy) is 1. The molecular formula is C22H19F6N3O2. The maximum atomic E-state index is 14.3. The van der Waals surface area contributed by atoms with Gasteiger partial charge in [0.1, 0.15) is 23.5 Å². The molecule has 2 amide bonds. The highest BCUT2D eigenvalue weighted by Crippen LogP contribution is 2.35. The van der Waals surface area contributed by atoms with Gasteiger partial charge in [0.05, 0.1) is 0 Å². The lowest BCUT2D eigenvalue weighted by Gasteiger charge is -2.30. The van der Waals surface area contributed by atoms with Gasteiger partial charge in [-0.25, -0.2) is 13.6 Å². The summed E-state index contributed by atoms with van der Waals surface area (Å²) in [5, 5.41) is 15.1. The van der Waals surface area contributed by atoms with Crippen molar-refractivity contribution >= 4 is 6.03 Å². The van der Waals surface area contributed by atoms with Gasteiger partial charge in [-0.15, -0.1) is 0 Å². The van der Waals surface area contributed by atoms with Crippen LogP contribution in [0.5, 0.6) is 5.75 Å². The van der Waals surface area contributed by atoms with Gasteiger partial charge >= 0.3 is 18.6 Å². The van der Waals surface area contributed by atoms with Gasteiger partial charge in [0.25, 0.3) is 0 Å². The monoisotopic (exact) mass is 471 g/mol. The van der Waals surface area contributed by atoms with Crippen molar-refractivity contribution in [3.05, 3.63) is 65.2 Å². The topological polar surface area (TPSA) is 74.2 Å². The van der Waals surface area contributed by atoms with E-state index in [-0.39, 0.29) is 11.6 Å². The second-order valence-electron chi connectivity index (χ2n) is 7.59. The molecule has 0 radical (unpaired) electrons. The third-order valence-corrected chi connectivity index (χ3v) is 5.25. The van der Waals surface area contributed by atoms with Crippen LogP contribution in [0.15, 0.2) is 42.5 Å². The highest BCUT2D eigenvalue weighted by molar-refractivity contribution is 5.77. The smallest absolute Gasteiger partial charge is 0.428 e. The summed E-state index contributed by atoms with van der Waals surface area (Å²) in [6, 6.07) is 7.04. The van der Waals surface area contributed by atoms with Gasteiger partial charge in [-0.1, -0.05) is 25.0 Å². The van der Waals surface area contributed by atoms with E-state index in [0.717, 1.165) is 49.2 Å². The first kappa shape index (κ1) is 24.2. The van der Waals surface area contributed by atoms with Gasteiger partial charge < -0.3 is 15.4 Å². The molecule has 0 unspecified atom stereocenters. The number of hydrogen-bond donors (Lipinski definition) is 2. The van der Waals surface area contributed by atoms with Crippen molar-refractivity contribution in [1.29, 1.82) is 5.26 Å². The molecular weight excluding hydrogens is 452 g/mol. The van der Waals surface area contributed by atoms with Crippen molar-refractivity contribution in [2.24, 2.45) is 0 Å². The van der Waals surface area contributed by atoms with E-state index in [0.29, 0.717) is 18.9 Å².